The summed E-state index contributed by atoms with van der Waals surface area (Å²) >= 11 is 1.98. The topological polar surface area (TPSA) is 12.0 Å². The smallest absolute Gasteiger partial charge is 0.0178 e. The molecule has 0 fully saturated rings. The van der Waals surface area contributed by atoms with E-state index >= 15 is 0 Å². The Morgan fingerprint density at radius 3 is 3.00 bits per heavy atom. The maximum atomic E-state index is 4.14. The van der Waals surface area contributed by atoms with Gasteiger partial charge in [0.05, 0.1) is 0 Å². The lowest BCUT2D eigenvalue weighted by molar-refractivity contribution is 0.484. The quantitative estimate of drug-likeness (QED) is 0.794. The normalized spacial score (nSPS) is 20.0. The van der Waals surface area contributed by atoms with Crippen LogP contribution in [0.25, 0.3) is 0 Å². The SMILES string of the molecule is C=C(CC)CC(NC)C1CSc2ccccc21. The molecule has 2 heteroatoms. The number of likely N-dealkylation sites (N-methyl/N-ethyl adjacent to an activating group) is 1. The Balaban J connectivity index is 2.14. The van der Waals surface area contributed by atoms with Crippen molar-refractivity contribution >= 4 is 11.8 Å². The first-order valence-electron chi connectivity index (χ1n) is 6.32. The van der Waals surface area contributed by atoms with Gasteiger partial charge in [-0.2, -0.15) is 0 Å². The number of nitrogens with one attached hydrogen (secondary N) is 1. The van der Waals surface area contributed by atoms with Crippen LogP contribution in [0.15, 0.2) is 41.3 Å². The third kappa shape index (κ3) is 2.75. The Hall–Kier alpha value is -0.730. The van der Waals surface area contributed by atoms with Crippen LogP contribution in [-0.4, -0.2) is 18.8 Å². The van der Waals surface area contributed by atoms with E-state index in [1.54, 1.807) is 0 Å². The van der Waals surface area contributed by atoms with E-state index in [4.69, 9.17) is 0 Å². The number of thioether (sulfide) groups is 1. The van der Waals surface area contributed by atoms with Crippen LogP contribution >= 0.6 is 11.8 Å². The summed E-state index contributed by atoms with van der Waals surface area (Å²) in [6, 6.07) is 9.33. The predicted molar refractivity (Wildman–Crippen MR) is 76.8 cm³/mol. The van der Waals surface area contributed by atoms with Gasteiger partial charge in [0.15, 0.2) is 0 Å². The fraction of sp³-hybridized carbons (Fsp3) is 0.467. The number of benzene rings is 1. The van der Waals surface area contributed by atoms with Crippen LogP contribution in [0, 0.1) is 0 Å². The average molecular weight is 247 g/mol. The van der Waals surface area contributed by atoms with E-state index in [1.807, 2.05) is 11.8 Å². The highest BCUT2D eigenvalue weighted by Crippen LogP contribution is 2.42. The first kappa shape index (κ1) is 12.7. The summed E-state index contributed by atoms with van der Waals surface area (Å²) in [6.45, 7) is 6.33. The van der Waals surface area contributed by atoms with E-state index in [1.165, 1.54) is 21.8 Å². The highest BCUT2D eigenvalue weighted by Gasteiger charge is 2.29. The van der Waals surface area contributed by atoms with Crippen molar-refractivity contribution in [3.63, 3.8) is 0 Å². The van der Waals surface area contributed by atoms with Gasteiger partial charge < -0.3 is 5.32 Å². The standard InChI is InChI=1S/C15H21NS/c1-4-11(2)9-14(16-3)13-10-17-15-8-6-5-7-12(13)15/h5-8,13-14,16H,2,4,9-10H2,1,3H3. The minimum Gasteiger partial charge on any atom is -0.316 e. The van der Waals surface area contributed by atoms with Crippen LogP contribution in [0.3, 0.4) is 0 Å². The van der Waals surface area contributed by atoms with Crippen molar-refractivity contribution in [2.45, 2.75) is 36.6 Å². The molecule has 2 unspecified atom stereocenters. The zero-order valence-corrected chi connectivity index (χ0v) is 11.5. The van der Waals surface area contributed by atoms with E-state index in [-0.39, 0.29) is 0 Å². The van der Waals surface area contributed by atoms with Crippen LogP contribution in [0.1, 0.15) is 31.2 Å². The van der Waals surface area contributed by atoms with Gasteiger partial charge in [0.25, 0.3) is 0 Å². The summed E-state index contributed by atoms with van der Waals surface area (Å²) in [7, 11) is 2.07. The molecule has 1 aliphatic rings. The lowest BCUT2D eigenvalue weighted by atomic mass is 9.89. The van der Waals surface area contributed by atoms with Crippen LogP contribution in [0.5, 0.6) is 0 Å². The summed E-state index contributed by atoms with van der Waals surface area (Å²) in [4.78, 5) is 1.46. The van der Waals surface area contributed by atoms with Gasteiger partial charge in [-0.3, -0.25) is 0 Å². The van der Waals surface area contributed by atoms with E-state index in [2.05, 4.69) is 50.1 Å². The second-order valence-electron chi connectivity index (χ2n) is 4.66. The molecule has 0 saturated heterocycles. The van der Waals surface area contributed by atoms with Crippen molar-refractivity contribution in [2.24, 2.45) is 0 Å². The third-order valence-corrected chi connectivity index (χ3v) is 4.81. The zero-order chi connectivity index (χ0) is 12.3. The van der Waals surface area contributed by atoms with Crippen molar-refractivity contribution < 1.29 is 0 Å². The molecular weight excluding hydrogens is 226 g/mol. The Bertz CT molecular complexity index is 400. The van der Waals surface area contributed by atoms with Gasteiger partial charge in [-0.15, -0.1) is 11.8 Å². The third-order valence-electron chi connectivity index (χ3n) is 3.60. The first-order valence-corrected chi connectivity index (χ1v) is 7.30. The minimum absolute atomic E-state index is 0.526. The van der Waals surface area contributed by atoms with Gasteiger partial charge in [0, 0.05) is 22.6 Å². The Morgan fingerprint density at radius 1 is 1.53 bits per heavy atom. The fourth-order valence-corrected chi connectivity index (χ4v) is 3.75. The van der Waals surface area contributed by atoms with Crippen LogP contribution in [0.2, 0.25) is 0 Å². The van der Waals surface area contributed by atoms with Gasteiger partial charge in [-0.25, -0.2) is 0 Å². The summed E-state index contributed by atoms with van der Waals surface area (Å²) in [5.74, 6) is 1.83. The zero-order valence-electron chi connectivity index (χ0n) is 10.7. The summed E-state index contributed by atoms with van der Waals surface area (Å²) in [5, 5.41) is 3.48. The van der Waals surface area contributed by atoms with Crippen molar-refractivity contribution in [2.75, 3.05) is 12.8 Å². The highest BCUT2D eigenvalue weighted by atomic mass is 32.2. The fourth-order valence-electron chi connectivity index (χ4n) is 2.42. The van der Waals surface area contributed by atoms with Gasteiger partial charge in [0.1, 0.15) is 0 Å². The van der Waals surface area contributed by atoms with Crippen molar-refractivity contribution in [3.05, 3.63) is 42.0 Å². The van der Waals surface area contributed by atoms with Gasteiger partial charge in [-0.1, -0.05) is 37.3 Å². The van der Waals surface area contributed by atoms with Gasteiger partial charge >= 0.3 is 0 Å². The van der Waals surface area contributed by atoms with E-state index in [9.17, 15) is 0 Å². The number of hydrogen-bond donors (Lipinski definition) is 1. The predicted octanol–water partition coefficient (Wildman–Crippen LogP) is 3.82. The lowest BCUT2D eigenvalue weighted by Gasteiger charge is -2.24. The molecule has 2 rings (SSSR count). The second kappa shape index (κ2) is 5.74. The Labute approximate surface area is 109 Å². The number of hydrogen-bond acceptors (Lipinski definition) is 2. The molecule has 0 amide bonds. The molecule has 1 nitrogen and oxygen atoms in total. The Kier molecular flexibility index (Phi) is 4.30. The maximum Gasteiger partial charge on any atom is 0.0178 e. The van der Waals surface area contributed by atoms with Gasteiger partial charge in [-0.05, 0) is 31.5 Å². The van der Waals surface area contributed by atoms with Crippen LogP contribution in [0.4, 0.5) is 0 Å². The molecule has 92 valence electrons. The largest absolute Gasteiger partial charge is 0.316 e. The number of rotatable bonds is 5. The average Bonchev–Trinajstić information content (AvgIpc) is 2.79. The molecule has 0 saturated carbocycles. The molecule has 0 bridgehead atoms. The lowest BCUT2D eigenvalue weighted by Crippen LogP contribution is -2.32. The van der Waals surface area contributed by atoms with E-state index in [0.717, 1.165) is 12.8 Å². The molecule has 0 aliphatic carbocycles. The molecule has 1 aromatic carbocycles. The summed E-state index contributed by atoms with van der Waals surface area (Å²) in [5.41, 5.74) is 2.86. The molecule has 0 aromatic heterocycles. The highest BCUT2D eigenvalue weighted by molar-refractivity contribution is 7.99. The van der Waals surface area contributed by atoms with Crippen LogP contribution < -0.4 is 5.32 Å². The Morgan fingerprint density at radius 2 is 2.29 bits per heavy atom. The van der Waals surface area contributed by atoms with Crippen LogP contribution in [-0.2, 0) is 0 Å². The molecule has 2 atom stereocenters. The monoisotopic (exact) mass is 247 g/mol. The van der Waals surface area contributed by atoms with Crippen molar-refractivity contribution in [1.29, 1.82) is 0 Å². The van der Waals surface area contributed by atoms with E-state index in [0.29, 0.717) is 12.0 Å². The summed E-state index contributed by atoms with van der Waals surface area (Å²) < 4.78 is 0. The molecule has 1 N–H and O–H groups in total. The first-order chi connectivity index (χ1) is 8.26. The molecule has 17 heavy (non-hydrogen) atoms. The molecule has 0 radical (unpaired) electrons. The minimum atomic E-state index is 0.526. The molecule has 1 heterocycles. The maximum absolute atomic E-state index is 4.14. The molecule has 1 aliphatic heterocycles. The van der Waals surface area contributed by atoms with E-state index < -0.39 is 0 Å². The molecular formula is C15H21NS. The van der Waals surface area contributed by atoms with Crippen molar-refractivity contribution in [3.8, 4) is 0 Å². The number of fused-ring (bicyclic) bond motifs is 1. The molecule has 0 spiro atoms. The van der Waals surface area contributed by atoms with Gasteiger partial charge in [0.2, 0.25) is 0 Å². The van der Waals surface area contributed by atoms with Crippen molar-refractivity contribution in [1.82, 2.24) is 5.32 Å². The second-order valence-corrected chi connectivity index (χ2v) is 5.72. The summed E-state index contributed by atoms with van der Waals surface area (Å²) in [6.07, 6.45) is 2.17. The molecule has 1 aromatic rings.